The van der Waals surface area contributed by atoms with E-state index in [1.807, 2.05) is 28.8 Å². The number of imidazole rings is 1. The van der Waals surface area contributed by atoms with Gasteiger partial charge in [-0.25, -0.2) is 9.78 Å². The van der Waals surface area contributed by atoms with Crippen LogP contribution in [-0.2, 0) is 16.1 Å². The molecule has 1 aromatic carbocycles. The number of benzene rings is 1. The lowest BCUT2D eigenvalue weighted by Gasteiger charge is -2.33. The number of carboxylic acids is 1. The lowest BCUT2D eigenvalue weighted by Crippen LogP contribution is -2.49. The summed E-state index contributed by atoms with van der Waals surface area (Å²) >= 11 is 0. The van der Waals surface area contributed by atoms with Crippen LogP contribution in [0.3, 0.4) is 0 Å². The van der Waals surface area contributed by atoms with E-state index in [1.54, 1.807) is 0 Å². The van der Waals surface area contributed by atoms with E-state index >= 15 is 0 Å². The Kier molecular flexibility index (Phi) is 3.75. The Morgan fingerprint density at radius 1 is 1.17 bits per heavy atom. The molecule has 4 rings (SSSR count). The van der Waals surface area contributed by atoms with Crippen molar-refractivity contribution in [3.63, 3.8) is 0 Å². The Morgan fingerprint density at radius 2 is 1.96 bits per heavy atom. The molecule has 0 bridgehead atoms. The Bertz CT molecular complexity index is 794. The second-order valence-corrected chi connectivity index (χ2v) is 6.76. The average Bonchev–Trinajstić information content (AvgIpc) is 3.38. The van der Waals surface area contributed by atoms with Crippen LogP contribution in [-0.4, -0.2) is 44.0 Å². The lowest BCUT2D eigenvalue weighted by molar-refractivity contribution is -0.152. The lowest BCUT2D eigenvalue weighted by atomic mass is 10.0. The molecule has 1 aromatic heterocycles. The summed E-state index contributed by atoms with van der Waals surface area (Å²) in [4.78, 5) is 30.5. The van der Waals surface area contributed by atoms with Gasteiger partial charge in [0.05, 0.1) is 11.0 Å². The number of hydrogen-bond acceptors (Lipinski definition) is 3. The molecule has 0 radical (unpaired) electrons. The Labute approximate surface area is 140 Å². The maximum Gasteiger partial charge on any atom is 0.326 e. The Balaban J connectivity index is 1.64. The van der Waals surface area contributed by atoms with Gasteiger partial charge in [-0.3, -0.25) is 4.79 Å². The highest BCUT2D eigenvalue weighted by Gasteiger charge is 2.34. The molecule has 6 nitrogen and oxygen atoms in total. The molecule has 1 aliphatic heterocycles. The average molecular weight is 327 g/mol. The number of aromatic nitrogens is 2. The van der Waals surface area contributed by atoms with Gasteiger partial charge in [0, 0.05) is 12.5 Å². The van der Waals surface area contributed by atoms with Crippen LogP contribution >= 0.6 is 0 Å². The molecule has 1 unspecified atom stereocenters. The number of aliphatic carboxylic acids is 1. The summed E-state index contributed by atoms with van der Waals surface area (Å²) in [6, 6.07) is 7.15. The fraction of sp³-hybridized carbons (Fsp3) is 0.500. The molecule has 2 fully saturated rings. The number of likely N-dealkylation sites (tertiary alicyclic amines) is 1. The molecule has 24 heavy (non-hydrogen) atoms. The highest BCUT2D eigenvalue weighted by atomic mass is 16.4. The standard InChI is InChI=1S/C18H21N3O3/c22-16(20-10-4-3-7-15(20)18(23)24)11-21-14-6-2-1-5-13(14)19-17(21)12-8-9-12/h1-2,5-6,12,15H,3-4,7-11H2,(H,23,24). The second kappa shape index (κ2) is 5.92. The van der Waals surface area contributed by atoms with Crippen LogP contribution < -0.4 is 0 Å². The van der Waals surface area contributed by atoms with Gasteiger partial charge >= 0.3 is 5.97 Å². The first-order chi connectivity index (χ1) is 11.6. The number of amides is 1. The normalized spacial score (nSPS) is 21.2. The molecule has 1 saturated heterocycles. The van der Waals surface area contributed by atoms with Crippen molar-refractivity contribution < 1.29 is 14.7 Å². The zero-order valence-corrected chi connectivity index (χ0v) is 13.5. The van der Waals surface area contributed by atoms with Crippen LogP contribution in [0.15, 0.2) is 24.3 Å². The predicted octanol–water partition coefficient (Wildman–Crippen LogP) is 2.38. The first-order valence-electron chi connectivity index (χ1n) is 8.62. The molecule has 1 saturated carbocycles. The minimum atomic E-state index is -0.902. The third-order valence-corrected chi connectivity index (χ3v) is 5.03. The van der Waals surface area contributed by atoms with Crippen molar-refractivity contribution in [3.8, 4) is 0 Å². The zero-order valence-electron chi connectivity index (χ0n) is 13.5. The van der Waals surface area contributed by atoms with Crippen molar-refractivity contribution in [1.29, 1.82) is 0 Å². The highest BCUT2D eigenvalue weighted by Crippen LogP contribution is 2.40. The summed E-state index contributed by atoms with van der Waals surface area (Å²) < 4.78 is 1.99. The van der Waals surface area contributed by atoms with Gasteiger partial charge < -0.3 is 14.6 Å². The van der Waals surface area contributed by atoms with Crippen molar-refractivity contribution in [1.82, 2.24) is 14.5 Å². The van der Waals surface area contributed by atoms with Crippen molar-refractivity contribution in [2.24, 2.45) is 0 Å². The van der Waals surface area contributed by atoms with E-state index in [1.165, 1.54) is 4.90 Å². The fourth-order valence-electron chi connectivity index (χ4n) is 3.63. The van der Waals surface area contributed by atoms with Gasteiger partial charge in [-0.05, 0) is 44.2 Å². The number of carbonyl (C=O) groups excluding carboxylic acids is 1. The third kappa shape index (κ3) is 2.66. The molecule has 1 N–H and O–H groups in total. The summed E-state index contributed by atoms with van der Waals surface area (Å²) in [7, 11) is 0. The van der Waals surface area contributed by atoms with Crippen molar-refractivity contribution in [2.75, 3.05) is 6.54 Å². The molecule has 6 heteroatoms. The number of nitrogens with zero attached hydrogens (tertiary/aromatic N) is 3. The molecule has 2 aliphatic rings. The molecule has 0 spiro atoms. The zero-order chi connectivity index (χ0) is 16.7. The van der Waals surface area contributed by atoms with E-state index in [4.69, 9.17) is 4.98 Å². The van der Waals surface area contributed by atoms with Gasteiger partial charge in [-0.15, -0.1) is 0 Å². The summed E-state index contributed by atoms with van der Waals surface area (Å²) in [5, 5.41) is 9.40. The van der Waals surface area contributed by atoms with Crippen LogP contribution in [0, 0.1) is 0 Å². The summed E-state index contributed by atoms with van der Waals surface area (Å²) in [5.74, 6) is 0.378. The highest BCUT2D eigenvalue weighted by molar-refractivity contribution is 5.85. The van der Waals surface area contributed by atoms with Crippen LogP contribution in [0.5, 0.6) is 0 Å². The molecule has 2 aromatic rings. The molecule has 2 heterocycles. The molecule has 1 amide bonds. The summed E-state index contributed by atoms with van der Waals surface area (Å²) in [6.07, 6.45) is 4.50. The van der Waals surface area contributed by atoms with Gasteiger partial charge in [-0.2, -0.15) is 0 Å². The maximum absolute atomic E-state index is 12.8. The maximum atomic E-state index is 12.8. The topological polar surface area (TPSA) is 75.4 Å². The largest absolute Gasteiger partial charge is 0.480 e. The van der Waals surface area contributed by atoms with E-state index in [2.05, 4.69) is 0 Å². The number of piperidine rings is 1. The molecule has 1 atom stereocenters. The van der Waals surface area contributed by atoms with E-state index in [0.717, 1.165) is 42.5 Å². The first kappa shape index (κ1) is 15.2. The number of carboxylic acid groups (broad SMARTS) is 1. The monoisotopic (exact) mass is 327 g/mol. The smallest absolute Gasteiger partial charge is 0.326 e. The van der Waals surface area contributed by atoms with E-state index in [9.17, 15) is 14.7 Å². The van der Waals surface area contributed by atoms with Crippen LogP contribution in [0.1, 0.15) is 43.8 Å². The third-order valence-electron chi connectivity index (χ3n) is 5.03. The number of hydrogen-bond donors (Lipinski definition) is 1. The summed E-state index contributed by atoms with van der Waals surface area (Å²) in [5.41, 5.74) is 1.86. The van der Waals surface area contributed by atoms with Crippen molar-refractivity contribution in [3.05, 3.63) is 30.1 Å². The van der Waals surface area contributed by atoms with E-state index < -0.39 is 12.0 Å². The van der Waals surface area contributed by atoms with Gasteiger partial charge in [0.15, 0.2) is 0 Å². The molecular formula is C18H21N3O3. The van der Waals surface area contributed by atoms with Gasteiger partial charge in [0.2, 0.25) is 5.91 Å². The Morgan fingerprint density at radius 3 is 2.71 bits per heavy atom. The van der Waals surface area contributed by atoms with Gasteiger partial charge in [0.1, 0.15) is 18.4 Å². The van der Waals surface area contributed by atoms with Gasteiger partial charge in [-0.1, -0.05) is 12.1 Å². The number of carbonyl (C=O) groups is 2. The number of para-hydroxylation sites is 2. The molecule has 1 aliphatic carbocycles. The Hall–Kier alpha value is -2.37. The molecule has 126 valence electrons. The minimum Gasteiger partial charge on any atom is -0.480 e. The molecular weight excluding hydrogens is 306 g/mol. The predicted molar refractivity (Wildman–Crippen MR) is 88.7 cm³/mol. The van der Waals surface area contributed by atoms with E-state index in [-0.39, 0.29) is 12.5 Å². The minimum absolute atomic E-state index is 0.118. The van der Waals surface area contributed by atoms with Gasteiger partial charge in [0.25, 0.3) is 0 Å². The van der Waals surface area contributed by atoms with Crippen LogP contribution in [0.4, 0.5) is 0 Å². The van der Waals surface area contributed by atoms with Crippen molar-refractivity contribution in [2.45, 2.75) is 50.6 Å². The van der Waals surface area contributed by atoms with Crippen LogP contribution in [0.25, 0.3) is 11.0 Å². The SMILES string of the molecule is O=C(O)C1CCCCN1C(=O)Cn1c(C2CC2)nc2ccccc21. The fourth-order valence-corrected chi connectivity index (χ4v) is 3.63. The number of fused-ring (bicyclic) bond motifs is 1. The number of rotatable bonds is 4. The first-order valence-corrected chi connectivity index (χ1v) is 8.62. The van der Waals surface area contributed by atoms with Crippen molar-refractivity contribution >= 4 is 22.9 Å². The second-order valence-electron chi connectivity index (χ2n) is 6.76. The quantitative estimate of drug-likeness (QED) is 0.935. The van der Waals surface area contributed by atoms with Crippen LogP contribution in [0.2, 0.25) is 0 Å². The van der Waals surface area contributed by atoms with E-state index in [0.29, 0.717) is 18.9 Å². The summed E-state index contributed by atoms with van der Waals surface area (Å²) in [6.45, 7) is 0.706.